The van der Waals surface area contributed by atoms with Crippen LogP contribution in [0.2, 0.25) is 0 Å². The summed E-state index contributed by atoms with van der Waals surface area (Å²) in [5.41, 5.74) is 6.68. The van der Waals surface area contributed by atoms with Crippen molar-refractivity contribution in [2.45, 2.75) is 60.8 Å². The molecule has 1 aliphatic carbocycles. The first-order valence-electron chi connectivity index (χ1n) is 8.95. The first-order chi connectivity index (χ1) is 11.3. The molecule has 0 spiro atoms. The molecule has 2 nitrogen and oxygen atoms in total. The highest BCUT2D eigenvalue weighted by molar-refractivity contribution is 5.83. The molecule has 2 heteroatoms. The van der Waals surface area contributed by atoms with Gasteiger partial charge in [-0.05, 0) is 69.6 Å². The van der Waals surface area contributed by atoms with Crippen LogP contribution in [-0.2, 0) is 9.53 Å². The monoisotopic (exact) mass is 328 g/mol. The van der Waals surface area contributed by atoms with Gasteiger partial charge in [0.1, 0.15) is 0 Å². The van der Waals surface area contributed by atoms with Crippen LogP contribution >= 0.6 is 0 Å². The van der Waals surface area contributed by atoms with E-state index in [1.165, 1.54) is 42.1 Å². The fourth-order valence-corrected chi connectivity index (χ4v) is 3.19. The molecule has 0 bridgehead atoms. The fraction of sp³-hybridized carbons (Fsp3) is 0.500. The minimum absolute atomic E-state index is 0.285. The Balaban J connectivity index is 2.84. The zero-order valence-corrected chi connectivity index (χ0v) is 16.1. The maximum absolute atomic E-state index is 11.4. The third-order valence-electron chi connectivity index (χ3n) is 4.13. The molecule has 0 heterocycles. The molecular weight excluding hydrogens is 296 g/mol. The summed E-state index contributed by atoms with van der Waals surface area (Å²) in [6.45, 7) is 13.1. The van der Waals surface area contributed by atoms with Gasteiger partial charge >= 0.3 is 5.97 Å². The quantitative estimate of drug-likeness (QED) is 0.335. The molecule has 0 fully saturated rings. The van der Waals surface area contributed by atoms with E-state index in [9.17, 15) is 4.79 Å². The Morgan fingerprint density at radius 1 is 1.21 bits per heavy atom. The predicted molar refractivity (Wildman–Crippen MR) is 103 cm³/mol. The number of ether oxygens (including phenoxy) is 1. The van der Waals surface area contributed by atoms with E-state index < -0.39 is 0 Å². The fourth-order valence-electron chi connectivity index (χ4n) is 3.19. The van der Waals surface area contributed by atoms with Crippen molar-refractivity contribution >= 4 is 5.97 Å². The number of esters is 1. The van der Waals surface area contributed by atoms with E-state index >= 15 is 0 Å². The summed E-state index contributed by atoms with van der Waals surface area (Å²) in [5.74, 6) is 0.293. The predicted octanol–water partition coefficient (Wildman–Crippen LogP) is 6.08. The van der Waals surface area contributed by atoms with Gasteiger partial charge in [-0.3, -0.25) is 0 Å². The van der Waals surface area contributed by atoms with Crippen molar-refractivity contribution in [2.75, 3.05) is 6.61 Å². The van der Waals surface area contributed by atoms with E-state index in [-0.39, 0.29) is 5.97 Å². The second-order valence-electron chi connectivity index (χ2n) is 6.78. The van der Waals surface area contributed by atoms with Crippen LogP contribution in [0.15, 0.2) is 58.2 Å². The Hall–Kier alpha value is -1.83. The lowest BCUT2D eigenvalue weighted by molar-refractivity contribution is -0.137. The van der Waals surface area contributed by atoms with E-state index in [1.54, 1.807) is 5.57 Å². The molecule has 0 radical (unpaired) electrons. The van der Waals surface area contributed by atoms with Gasteiger partial charge in [0.05, 0.1) is 6.61 Å². The average molecular weight is 328 g/mol. The largest absolute Gasteiger partial charge is 0.463 e. The highest BCUT2D eigenvalue weighted by Crippen LogP contribution is 2.34. The maximum atomic E-state index is 11.4. The van der Waals surface area contributed by atoms with E-state index in [4.69, 9.17) is 4.74 Å². The van der Waals surface area contributed by atoms with Gasteiger partial charge in [0.15, 0.2) is 0 Å². The van der Waals surface area contributed by atoms with Crippen LogP contribution in [0.5, 0.6) is 0 Å². The van der Waals surface area contributed by atoms with Crippen LogP contribution in [-0.4, -0.2) is 12.6 Å². The Kier molecular flexibility index (Phi) is 8.53. The molecule has 0 N–H and O–H groups in total. The molecule has 0 aromatic rings. The second-order valence-corrected chi connectivity index (χ2v) is 6.78. The number of carbonyl (C=O) groups excluding carboxylic acids is 1. The maximum Gasteiger partial charge on any atom is 0.330 e. The number of rotatable bonds is 6. The van der Waals surface area contributed by atoms with Crippen LogP contribution in [0.3, 0.4) is 0 Å². The summed E-state index contributed by atoms with van der Waals surface area (Å²) in [5, 5.41) is 0. The summed E-state index contributed by atoms with van der Waals surface area (Å²) in [7, 11) is 0. The van der Waals surface area contributed by atoms with E-state index in [0.29, 0.717) is 12.5 Å². The van der Waals surface area contributed by atoms with Crippen LogP contribution in [0.1, 0.15) is 60.8 Å². The van der Waals surface area contributed by atoms with Crippen LogP contribution in [0.25, 0.3) is 0 Å². The number of allylic oxidation sites excluding steroid dienone is 9. The average Bonchev–Trinajstić information content (AvgIpc) is 2.46. The molecule has 1 aliphatic rings. The highest BCUT2D eigenvalue weighted by atomic mass is 16.5. The zero-order valence-electron chi connectivity index (χ0n) is 16.1. The van der Waals surface area contributed by atoms with Gasteiger partial charge < -0.3 is 4.74 Å². The van der Waals surface area contributed by atoms with Gasteiger partial charge in [-0.15, -0.1) is 0 Å². The summed E-state index contributed by atoms with van der Waals surface area (Å²) in [6.07, 6.45) is 13.5. The summed E-state index contributed by atoms with van der Waals surface area (Å²) < 4.78 is 4.91. The minimum Gasteiger partial charge on any atom is -0.463 e. The van der Waals surface area contributed by atoms with Gasteiger partial charge in [0.25, 0.3) is 0 Å². The molecule has 0 unspecified atom stereocenters. The van der Waals surface area contributed by atoms with Crippen LogP contribution in [0, 0.1) is 5.92 Å². The Morgan fingerprint density at radius 3 is 2.54 bits per heavy atom. The van der Waals surface area contributed by atoms with Gasteiger partial charge in [-0.2, -0.15) is 0 Å². The molecule has 1 rings (SSSR count). The molecule has 0 aliphatic heterocycles. The lowest BCUT2D eigenvalue weighted by Crippen LogP contribution is -2.07. The zero-order chi connectivity index (χ0) is 18.1. The van der Waals surface area contributed by atoms with E-state index in [0.717, 1.165) is 5.57 Å². The summed E-state index contributed by atoms with van der Waals surface area (Å²) in [6, 6.07) is 0. The molecule has 0 aromatic carbocycles. The Bertz CT molecular complexity index is 595. The summed E-state index contributed by atoms with van der Waals surface area (Å²) in [4.78, 5) is 11.4. The lowest BCUT2D eigenvalue weighted by Gasteiger charge is -2.24. The van der Waals surface area contributed by atoms with Gasteiger partial charge in [0, 0.05) is 6.08 Å². The van der Waals surface area contributed by atoms with Crippen LogP contribution in [0.4, 0.5) is 0 Å². The van der Waals surface area contributed by atoms with E-state index in [1.807, 2.05) is 26.0 Å². The summed E-state index contributed by atoms with van der Waals surface area (Å²) >= 11 is 0. The van der Waals surface area contributed by atoms with E-state index in [2.05, 4.69) is 39.8 Å². The standard InChI is InChI=1S/C22H32O2/c1-7-24-21(23)15-18(5)11-8-10-17(4)14-20-13-9-12-19(6)22(20)16(2)3/h8,10-11,14-16H,7,9,12-13H2,1-6H3/b11-8+,17-10+,18-15+,20-14+. The SMILES string of the molecule is CCOC(=O)/C=C(C)/C=C/C=C(C)/C=C1\CCCC(C)=C1C(C)C. The van der Waals surface area contributed by atoms with Gasteiger partial charge in [0.2, 0.25) is 0 Å². The highest BCUT2D eigenvalue weighted by Gasteiger charge is 2.17. The molecule has 24 heavy (non-hydrogen) atoms. The molecule has 0 saturated carbocycles. The molecule has 0 atom stereocenters. The normalized spacial score (nSPS) is 18.9. The Labute approximate surface area is 147 Å². The van der Waals surface area contributed by atoms with Crippen molar-refractivity contribution in [1.29, 1.82) is 0 Å². The van der Waals surface area contributed by atoms with Crippen LogP contribution < -0.4 is 0 Å². The van der Waals surface area contributed by atoms with Crippen molar-refractivity contribution in [3.05, 3.63) is 58.2 Å². The molecule has 132 valence electrons. The lowest BCUT2D eigenvalue weighted by atomic mass is 9.81. The molecule has 0 aromatic heterocycles. The van der Waals surface area contributed by atoms with Crippen molar-refractivity contribution in [1.82, 2.24) is 0 Å². The second kappa shape index (κ2) is 10.1. The molecule has 0 saturated heterocycles. The number of hydrogen-bond acceptors (Lipinski definition) is 2. The van der Waals surface area contributed by atoms with Gasteiger partial charge in [-0.25, -0.2) is 4.79 Å². The third-order valence-corrected chi connectivity index (χ3v) is 4.13. The van der Waals surface area contributed by atoms with Crippen molar-refractivity contribution in [2.24, 2.45) is 5.92 Å². The molecular formula is C22H32O2. The topological polar surface area (TPSA) is 26.3 Å². The third kappa shape index (κ3) is 6.74. The number of hydrogen-bond donors (Lipinski definition) is 0. The first kappa shape index (κ1) is 20.2. The number of carbonyl (C=O) groups is 1. The first-order valence-corrected chi connectivity index (χ1v) is 8.95. The minimum atomic E-state index is -0.285. The van der Waals surface area contributed by atoms with Gasteiger partial charge in [-0.1, -0.05) is 49.3 Å². The molecule has 0 amide bonds. The van der Waals surface area contributed by atoms with Crippen molar-refractivity contribution in [3.63, 3.8) is 0 Å². The van der Waals surface area contributed by atoms with Crippen molar-refractivity contribution in [3.8, 4) is 0 Å². The Morgan fingerprint density at radius 2 is 1.92 bits per heavy atom. The smallest absolute Gasteiger partial charge is 0.330 e. The van der Waals surface area contributed by atoms with Crippen molar-refractivity contribution < 1.29 is 9.53 Å².